The molecule has 0 bridgehead atoms. The van der Waals surface area contributed by atoms with E-state index in [1.807, 2.05) is 6.20 Å². The zero-order valence-corrected chi connectivity index (χ0v) is 14.5. The zero-order valence-electron chi connectivity index (χ0n) is 13.6. The zero-order chi connectivity index (χ0) is 16.4. The van der Waals surface area contributed by atoms with Gasteiger partial charge in [-0.2, -0.15) is 0 Å². The number of nitrogens with one attached hydrogen (secondary N) is 2. The maximum Gasteiger partial charge on any atom is 0.271 e. The molecule has 0 aliphatic carbocycles. The summed E-state index contributed by atoms with van der Waals surface area (Å²) in [4.78, 5) is 26.9. The van der Waals surface area contributed by atoms with Crippen LogP contribution in [0.25, 0.3) is 16.5 Å². The molecule has 0 saturated heterocycles. The standard InChI is InChI=1S/C16H19N5OS/c1-8-9(2)23-15-19-11(6-21(8)15)13-18-10-5-16(3,4)7-17-14(22)12(10)20-13/h6H,5,7H2,1-4H3,(H,17,22)(H,18,20). The van der Waals surface area contributed by atoms with Crippen LogP contribution < -0.4 is 5.32 Å². The number of fused-ring (bicyclic) bond motifs is 2. The van der Waals surface area contributed by atoms with Gasteiger partial charge in [0.05, 0.1) is 0 Å². The lowest BCUT2D eigenvalue weighted by Gasteiger charge is -2.21. The molecule has 3 aromatic rings. The number of nitrogens with zero attached hydrogens (tertiary/aromatic N) is 3. The maximum atomic E-state index is 12.2. The molecule has 23 heavy (non-hydrogen) atoms. The quantitative estimate of drug-likeness (QED) is 0.721. The Morgan fingerprint density at radius 2 is 2.09 bits per heavy atom. The van der Waals surface area contributed by atoms with E-state index < -0.39 is 0 Å². The summed E-state index contributed by atoms with van der Waals surface area (Å²) >= 11 is 1.66. The van der Waals surface area contributed by atoms with Gasteiger partial charge in [0, 0.05) is 29.0 Å². The Morgan fingerprint density at radius 1 is 1.30 bits per heavy atom. The normalized spacial score (nSPS) is 17.1. The fourth-order valence-electron chi connectivity index (χ4n) is 2.96. The van der Waals surface area contributed by atoms with Gasteiger partial charge in [0.15, 0.2) is 10.8 Å². The van der Waals surface area contributed by atoms with E-state index in [0.29, 0.717) is 18.1 Å². The summed E-state index contributed by atoms with van der Waals surface area (Å²) in [5, 5.41) is 2.95. The summed E-state index contributed by atoms with van der Waals surface area (Å²) in [6.07, 6.45) is 2.77. The first kappa shape index (κ1) is 14.4. The minimum Gasteiger partial charge on any atom is -0.350 e. The first-order chi connectivity index (χ1) is 10.8. The van der Waals surface area contributed by atoms with Crippen LogP contribution in [-0.4, -0.2) is 31.8 Å². The number of thiazole rings is 1. The summed E-state index contributed by atoms with van der Waals surface area (Å²) in [6.45, 7) is 9.11. The number of aromatic nitrogens is 4. The van der Waals surface area contributed by atoms with Gasteiger partial charge in [0.2, 0.25) is 0 Å². The molecule has 1 aliphatic rings. The monoisotopic (exact) mass is 329 g/mol. The minimum absolute atomic E-state index is 0.00691. The largest absolute Gasteiger partial charge is 0.350 e. The second-order valence-electron chi connectivity index (χ2n) is 6.96. The molecule has 0 aromatic carbocycles. The first-order valence-corrected chi connectivity index (χ1v) is 8.48. The van der Waals surface area contributed by atoms with Crippen LogP contribution in [0.3, 0.4) is 0 Å². The van der Waals surface area contributed by atoms with Crippen molar-refractivity contribution < 1.29 is 4.79 Å². The van der Waals surface area contributed by atoms with E-state index >= 15 is 0 Å². The van der Waals surface area contributed by atoms with Crippen molar-refractivity contribution in [2.75, 3.05) is 6.54 Å². The lowest BCUT2D eigenvalue weighted by molar-refractivity contribution is 0.0940. The maximum absolute atomic E-state index is 12.2. The number of hydrogen-bond acceptors (Lipinski definition) is 4. The predicted molar refractivity (Wildman–Crippen MR) is 89.9 cm³/mol. The number of imidazole rings is 2. The van der Waals surface area contributed by atoms with Crippen LogP contribution in [0.2, 0.25) is 0 Å². The summed E-state index contributed by atoms with van der Waals surface area (Å²) in [5.74, 6) is 0.553. The summed E-state index contributed by atoms with van der Waals surface area (Å²) < 4.78 is 2.08. The molecule has 0 fully saturated rings. The molecule has 4 rings (SSSR count). The van der Waals surface area contributed by atoms with E-state index in [4.69, 9.17) is 0 Å². The molecule has 1 aliphatic heterocycles. The number of rotatable bonds is 1. The number of carbonyl (C=O) groups is 1. The Morgan fingerprint density at radius 3 is 2.83 bits per heavy atom. The number of aromatic amines is 1. The van der Waals surface area contributed by atoms with Crippen molar-refractivity contribution in [2.24, 2.45) is 5.41 Å². The van der Waals surface area contributed by atoms with Crippen molar-refractivity contribution in [3.05, 3.63) is 28.2 Å². The molecule has 6 nitrogen and oxygen atoms in total. The van der Waals surface area contributed by atoms with E-state index in [1.165, 1.54) is 10.6 Å². The van der Waals surface area contributed by atoms with Crippen LogP contribution in [0.15, 0.2) is 6.20 Å². The van der Waals surface area contributed by atoms with Crippen molar-refractivity contribution in [3.63, 3.8) is 0 Å². The van der Waals surface area contributed by atoms with Crippen LogP contribution in [0.5, 0.6) is 0 Å². The fourth-order valence-corrected chi connectivity index (χ4v) is 3.91. The lowest BCUT2D eigenvalue weighted by atomic mass is 9.88. The Balaban J connectivity index is 1.80. The molecule has 7 heteroatoms. The Bertz CT molecular complexity index is 930. The highest BCUT2D eigenvalue weighted by atomic mass is 32.1. The average molecular weight is 329 g/mol. The van der Waals surface area contributed by atoms with Gasteiger partial charge in [0.25, 0.3) is 5.91 Å². The third-order valence-corrected chi connectivity index (χ3v) is 5.48. The van der Waals surface area contributed by atoms with Gasteiger partial charge >= 0.3 is 0 Å². The molecule has 1 amide bonds. The molecule has 2 N–H and O–H groups in total. The van der Waals surface area contributed by atoms with Crippen LogP contribution in [0.1, 0.15) is 40.6 Å². The Hall–Kier alpha value is -2.15. The van der Waals surface area contributed by atoms with E-state index in [0.717, 1.165) is 22.8 Å². The van der Waals surface area contributed by atoms with Gasteiger partial charge in [-0.15, -0.1) is 11.3 Å². The van der Waals surface area contributed by atoms with Gasteiger partial charge in [0.1, 0.15) is 11.4 Å². The predicted octanol–water partition coefficient (Wildman–Crippen LogP) is 2.71. The SMILES string of the molecule is Cc1sc2nc(-c3nc4c([nH]3)CC(C)(C)CNC4=O)cn2c1C. The summed E-state index contributed by atoms with van der Waals surface area (Å²) in [7, 11) is 0. The molecule has 0 spiro atoms. The highest BCUT2D eigenvalue weighted by Gasteiger charge is 2.30. The van der Waals surface area contributed by atoms with E-state index in [1.54, 1.807) is 11.3 Å². The lowest BCUT2D eigenvalue weighted by Crippen LogP contribution is -2.32. The summed E-state index contributed by atoms with van der Waals surface area (Å²) in [5.41, 5.74) is 3.36. The summed E-state index contributed by atoms with van der Waals surface area (Å²) in [6, 6.07) is 0. The van der Waals surface area contributed by atoms with Crippen LogP contribution in [0, 0.1) is 19.3 Å². The molecule has 0 atom stereocenters. The second kappa shape index (κ2) is 4.67. The molecule has 120 valence electrons. The number of carbonyl (C=O) groups excluding carboxylic acids is 1. The van der Waals surface area contributed by atoms with E-state index in [2.05, 4.69) is 52.4 Å². The second-order valence-corrected chi connectivity index (χ2v) is 8.14. The van der Waals surface area contributed by atoms with Crippen LogP contribution >= 0.6 is 11.3 Å². The topological polar surface area (TPSA) is 75.1 Å². The van der Waals surface area contributed by atoms with Crippen molar-refractivity contribution in [1.82, 2.24) is 24.7 Å². The smallest absolute Gasteiger partial charge is 0.271 e. The minimum atomic E-state index is -0.110. The van der Waals surface area contributed by atoms with Gasteiger partial charge in [-0.05, 0) is 25.7 Å². The van der Waals surface area contributed by atoms with Gasteiger partial charge < -0.3 is 10.3 Å². The molecular formula is C16H19N5OS. The van der Waals surface area contributed by atoms with Gasteiger partial charge in [-0.3, -0.25) is 9.20 Å². The van der Waals surface area contributed by atoms with Crippen molar-refractivity contribution in [2.45, 2.75) is 34.1 Å². The molecule has 3 aromatic heterocycles. The number of amides is 1. The van der Waals surface area contributed by atoms with Crippen molar-refractivity contribution in [1.29, 1.82) is 0 Å². The van der Waals surface area contributed by atoms with E-state index in [9.17, 15) is 4.79 Å². The van der Waals surface area contributed by atoms with Crippen molar-refractivity contribution >= 4 is 22.2 Å². The third-order valence-electron chi connectivity index (χ3n) is 4.41. The Kier molecular flexibility index (Phi) is 2.93. The number of aryl methyl sites for hydroxylation is 2. The average Bonchev–Trinajstić information content (AvgIpc) is 3.11. The molecular weight excluding hydrogens is 310 g/mol. The molecule has 0 saturated carbocycles. The first-order valence-electron chi connectivity index (χ1n) is 7.67. The number of H-pyrrole nitrogens is 1. The fraction of sp³-hybridized carbons (Fsp3) is 0.438. The van der Waals surface area contributed by atoms with Crippen molar-refractivity contribution in [3.8, 4) is 11.5 Å². The van der Waals surface area contributed by atoms with Crippen LogP contribution in [-0.2, 0) is 6.42 Å². The molecule has 0 radical (unpaired) electrons. The van der Waals surface area contributed by atoms with E-state index in [-0.39, 0.29) is 11.3 Å². The van der Waals surface area contributed by atoms with Crippen LogP contribution in [0.4, 0.5) is 0 Å². The third kappa shape index (κ3) is 2.26. The highest BCUT2D eigenvalue weighted by molar-refractivity contribution is 7.17. The Labute approximate surface area is 138 Å². The van der Waals surface area contributed by atoms with Gasteiger partial charge in [-0.25, -0.2) is 9.97 Å². The number of hydrogen-bond donors (Lipinski definition) is 2. The molecule has 0 unspecified atom stereocenters. The highest BCUT2D eigenvalue weighted by Crippen LogP contribution is 2.29. The van der Waals surface area contributed by atoms with Gasteiger partial charge in [-0.1, -0.05) is 13.8 Å². The molecule has 4 heterocycles.